The molecule has 1 N–H and O–H groups in total. The second-order valence-corrected chi connectivity index (χ2v) is 10.2. The van der Waals surface area contributed by atoms with Gasteiger partial charge in [0.15, 0.2) is 5.13 Å². The number of carbonyl (C=O) groups is 3. The zero-order valence-corrected chi connectivity index (χ0v) is 24.0. The van der Waals surface area contributed by atoms with Crippen molar-refractivity contribution in [1.82, 2.24) is 4.98 Å². The van der Waals surface area contributed by atoms with Crippen molar-refractivity contribution in [2.75, 3.05) is 24.7 Å². The highest BCUT2D eigenvalue weighted by atomic mass is 32.1. The van der Waals surface area contributed by atoms with E-state index in [2.05, 4.69) is 11.6 Å². The number of aryl methyl sites for hydroxylation is 1. The van der Waals surface area contributed by atoms with Gasteiger partial charge in [-0.05, 0) is 49.6 Å². The maximum Gasteiger partial charge on any atom is 0.350 e. The van der Waals surface area contributed by atoms with Gasteiger partial charge in [0, 0.05) is 5.56 Å². The minimum Gasteiger partial charge on any atom is -0.507 e. The van der Waals surface area contributed by atoms with E-state index in [1.165, 1.54) is 11.0 Å². The summed E-state index contributed by atoms with van der Waals surface area (Å²) >= 11 is 0.939. The third-order valence-corrected chi connectivity index (χ3v) is 7.34. The summed E-state index contributed by atoms with van der Waals surface area (Å²) in [5.41, 5.74) is 1.13. The lowest BCUT2D eigenvalue weighted by molar-refractivity contribution is -0.132. The molecule has 10 heteroatoms. The summed E-state index contributed by atoms with van der Waals surface area (Å²) in [6.45, 7) is 10.2. The van der Waals surface area contributed by atoms with Crippen molar-refractivity contribution >= 4 is 39.9 Å². The molecule has 1 amide bonds. The van der Waals surface area contributed by atoms with Gasteiger partial charge in [-0.1, -0.05) is 62.1 Å². The molecule has 9 nitrogen and oxygen atoms in total. The zero-order valence-electron chi connectivity index (χ0n) is 23.2. The average Bonchev–Trinajstić information content (AvgIpc) is 3.49. The largest absolute Gasteiger partial charge is 0.507 e. The number of aliphatic hydroxyl groups is 1. The monoisotopic (exact) mass is 576 g/mol. The van der Waals surface area contributed by atoms with Crippen LogP contribution in [0.5, 0.6) is 11.5 Å². The number of ether oxygens (including phenoxy) is 3. The molecule has 0 radical (unpaired) electrons. The van der Waals surface area contributed by atoms with Gasteiger partial charge in [-0.15, -0.1) is 0 Å². The number of anilines is 1. The lowest BCUT2D eigenvalue weighted by Gasteiger charge is -2.23. The van der Waals surface area contributed by atoms with Crippen LogP contribution in [0.25, 0.3) is 5.76 Å². The molecule has 41 heavy (non-hydrogen) atoms. The van der Waals surface area contributed by atoms with Crippen LogP contribution in [0.2, 0.25) is 0 Å². The number of aromatic nitrogens is 1. The van der Waals surface area contributed by atoms with Crippen molar-refractivity contribution in [2.45, 2.75) is 39.7 Å². The summed E-state index contributed by atoms with van der Waals surface area (Å²) < 4.78 is 16.6. The first-order chi connectivity index (χ1) is 19.8. The summed E-state index contributed by atoms with van der Waals surface area (Å²) in [6.07, 6.45) is 3.09. The van der Waals surface area contributed by atoms with Gasteiger partial charge in [-0.25, -0.2) is 9.78 Å². The Morgan fingerprint density at radius 1 is 1.07 bits per heavy atom. The number of carbonyl (C=O) groups excluding carboxylic acids is 3. The predicted octanol–water partition coefficient (Wildman–Crippen LogP) is 6.00. The molecule has 0 aliphatic carbocycles. The van der Waals surface area contributed by atoms with E-state index in [0.29, 0.717) is 41.5 Å². The summed E-state index contributed by atoms with van der Waals surface area (Å²) in [7, 11) is 0. The SMILES string of the molecule is C=CCOC(=O)c1sc(N2C(=O)C(=O)/C(=C(/O)c3cccc(OCCC)c3)C2c2ccc(OCCC)cc2)nc1C. The molecule has 1 unspecified atom stereocenters. The summed E-state index contributed by atoms with van der Waals surface area (Å²) in [5, 5.41) is 11.6. The van der Waals surface area contributed by atoms with Crippen LogP contribution in [0.1, 0.15) is 59.2 Å². The summed E-state index contributed by atoms with van der Waals surface area (Å²) in [6, 6.07) is 12.7. The normalized spacial score (nSPS) is 16.1. The molecule has 1 atom stereocenters. The molecular weight excluding hydrogens is 544 g/mol. The van der Waals surface area contributed by atoms with Crippen LogP contribution in [0.3, 0.4) is 0 Å². The summed E-state index contributed by atoms with van der Waals surface area (Å²) in [5.74, 6) is -1.55. The smallest absolute Gasteiger partial charge is 0.350 e. The van der Waals surface area contributed by atoms with E-state index < -0.39 is 23.7 Å². The minimum absolute atomic E-state index is 0.0174. The maximum absolute atomic E-state index is 13.5. The first-order valence-electron chi connectivity index (χ1n) is 13.3. The van der Waals surface area contributed by atoms with Crippen molar-refractivity contribution < 1.29 is 33.7 Å². The quantitative estimate of drug-likeness (QED) is 0.0918. The van der Waals surface area contributed by atoms with Gasteiger partial charge in [0.25, 0.3) is 5.78 Å². The number of nitrogens with zero attached hydrogens (tertiary/aromatic N) is 2. The van der Waals surface area contributed by atoms with Crippen LogP contribution in [-0.4, -0.2) is 47.6 Å². The topological polar surface area (TPSA) is 115 Å². The van der Waals surface area contributed by atoms with Gasteiger partial charge in [-0.2, -0.15) is 0 Å². The van der Waals surface area contributed by atoms with Crippen molar-refractivity contribution in [3.05, 3.63) is 88.5 Å². The number of hydrogen-bond donors (Lipinski definition) is 1. The molecular formula is C31H32N2O7S. The second kappa shape index (κ2) is 13.3. The van der Waals surface area contributed by atoms with E-state index in [4.69, 9.17) is 14.2 Å². The Hall–Kier alpha value is -4.44. The Balaban J connectivity index is 1.84. The van der Waals surface area contributed by atoms with Gasteiger partial charge < -0.3 is 19.3 Å². The van der Waals surface area contributed by atoms with Gasteiger partial charge in [0.2, 0.25) is 0 Å². The molecule has 4 rings (SSSR count). The van der Waals surface area contributed by atoms with E-state index >= 15 is 0 Å². The molecule has 1 aliphatic rings. The Morgan fingerprint density at radius 3 is 2.41 bits per heavy atom. The third-order valence-electron chi connectivity index (χ3n) is 6.20. The number of benzene rings is 2. The molecule has 2 heterocycles. The lowest BCUT2D eigenvalue weighted by atomic mass is 9.95. The maximum atomic E-state index is 13.5. The first kappa shape index (κ1) is 29.5. The number of hydrogen-bond acceptors (Lipinski definition) is 9. The number of rotatable bonds is 12. The van der Waals surface area contributed by atoms with Crippen LogP contribution < -0.4 is 14.4 Å². The number of aliphatic hydroxyl groups excluding tert-OH is 1. The zero-order chi connectivity index (χ0) is 29.5. The average molecular weight is 577 g/mol. The van der Waals surface area contributed by atoms with Gasteiger partial charge in [-0.3, -0.25) is 14.5 Å². The van der Waals surface area contributed by atoms with Crippen LogP contribution in [0, 0.1) is 6.92 Å². The number of ketones is 1. The van der Waals surface area contributed by atoms with E-state index in [1.807, 2.05) is 13.8 Å². The minimum atomic E-state index is -1.02. The van der Waals surface area contributed by atoms with Gasteiger partial charge in [0.1, 0.15) is 28.7 Å². The number of thiazole rings is 1. The van der Waals surface area contributed by atoms with Crippen molar-refractivity contribution in [3.8, 4) is 11.5 Å². The molecule has 0 spiro atoms. The highest BCUT2D eigenvalue weighted by Gasteiger charge is 2.48. The van der Waals surface area contributed by atoms with Gasteiger partial charge in [0.05, 0.1) is 30.5 Å². The molecule has 1 fully saturated rings. The fourth-order valence-corrected chi connectivity index (χ4v) is 5.28. The van der Waals surface area contributed by atoms with Crippen LogP contribution in [0.15, 0.2) is 66.8 Å². The first-order valence-corrected chi connectivity index (χ1v) is 14.1. The van der Waals surface area contributed by atoms with Crippen molar-refractivity contribution in [1.29, 1.82) is 0 Å². The molecule has 1 aliphatic heterocycles. The second-order valence-electron chi connectivity index (χ2n) is 9.26. The van der Waals surface area contributed by atoms with E-state index in [9.17, 15) is 19.5 Å². The third kappa shape index (κ3) is 6.33. The Bertz CT molecular complexity index is 1480. The van der Waals surface area contributed by atoms with Crippen LogP contribution in [0.4, 0.5) is 5.13 Å². The molecule has 2 aromatic carbocycles. The molecule has 214 valence electrons. The lowest BCUT2D eigenvalue weighted by Crippen LogP contribution is -2.29. The van der Waals surface area contributed by atoms with E-state index in [-0.39, 0.29) is 27.9 Å². The fraction of sp³-hybridized carbons (Fsp3) is 0.290. The Kier molecular flexibility index (Phi) is 9.57. The standard InChI is InChI=1S/C31H32N2O7S/c1-5-15-38-22-13-11-20(12-14-22)25-24(26(34)21-9-8-10-23(18-21)39-16-6-2)27(35)29(36)33(25)31-32-19(4)28(41-31)30(37)40-17-7-3/h7-14,18,25,34H,3,5-6,15-17H2,1-2,4H3/b26-24+. The Labute approximate surface area is 242 Å². The van der Waals surface area contributed by atoms with Crippen molar-refractivity contribution in [2.24, 2.45) is 0 Å². The van der Waals surface area contributed by atoms with E-state index in [0.717, 1.165) is 24.2 Å². The number of esters is 1. The predicted molar refractivity (Wildman–Crippen MR) is 157 cm³/mol. The highest BCUT2D eigenvalue weighted by molar-refractivity contribution is 7.17. The molecule has 1 saturated heterocycles. The van der Waals surface area contributed by atoms with Crippen LogP contribution >= 0.6 is 11.3 Å². The highest BCUT2D eigenvalue weighted by Crippen LogP contribution is 2.44. The summed E-state index contributed by atoms with van der Waals surface area (Å²) in [4.78, 5) is 45.5. The van der Waals surface area contributed by atoms with Crippen LogP contribution in [-0.2, 0) is 14.3 Å². The van der Waals surface area contributed by atoms with Crippen molar-refractivity contribution in [3.63, 3.8) is 0 Å². The van der Waals surface area contributed by atoms with Gasteiger partial charge >= 0.3 is 11.9 Å². The molecule has 0 bridgehead atoms. The fourth-order valence-electron chi connectivity index (χ4n) is 4.29. The number of Topliss-reactive ketones (excluding diaryl/α,β-unsaturated/α-hetero) is 1. The molecule has 1 aromatic heterocycles. The number of amides is 1. The molecule has 3 aromatic rings. The Morgan fingerprint density at radius 2 is 1.76 bits per heavy atom. The molecule has 0 saturated carbocycles. The van der Waals surface area contributed by atoms with E-state index in [1.54, 1.807) is 55.5 Å².